The molecular weight excluding hydrogens is 503 g/mol. The van der Waals surface area contributed by atoms with E-state index in [9.17, 15) is 8.42 Å². The first kappa shape index (κ1) is 25.2. The maximum absolute atomic E-state index is 11.8. The zero-order chi connectivity index (χ0) is 20.4. The molecular formula is C20H29IN4O3S. The summed E-state index contributed by atoms with van der Waals surface area (Å²) in [4.78, 5) is 6.88. The summed E-state index contributed by atoms with van der Waals surface area (Å²) in [7, 11) is -0.0686. The van der Waals surface area contributed by atoms with Gasteiger partial charge in [-0.15, -0.1) is 24.0 Å². The molecule has 2 aromatic rings. The van der Waals surface area contributed by atoms with Crippen LogP contribution in [0.1, 0.15) is 12.5 Å². The fraction of sp³-hybridized carbons (Fsp3) is 0.350. The molecule has 160 valence electrons. The predicted molar refractivity (Wildman–Crippen MR) is 127 cm³/mol. The molecule has 0 bridgehead atoms. The molecule has 0 unspecified atom stereocenters. The van der Waals surface area contributed by atoms with Crippen LogP contribution in [0.15, 0.2) is 64.5 Å². The van der Waals surface area contributed by atoms with Crippen molar-refractivity contribution < 1.29 is 13.2 Å². The molecule has 2 aromatic carbocycles. The number of guanidine groups is 1. The first-order valence-corrected chi connectivity index (χ1v) is 10.6. The van der Waals surface area contributed by atoms with Crippen molar-refractivity contribution in [3.8, 4) is 5.75 Å². The molecule has 0 saturated heterocycles. The van der Waals surface area contributed by atoms with Crippen molar-refractivity contribution in [1.82, 2.24) is 14.9 Å². The van der Waals surface area contributed by atoms with Crippen molar-refractivity contribution in [3.05, 3.63) is 60.2 Å². The number of hydrogen-bond donors (Lipinski definition) is 2. The summed E-state index contributed by atoms with van der Waals surface area (Å²) >= 11 is 0. The van der Waals surface area contributed by atoms with Crippen molar-refractivity contribution in [2.24, 2.45) is 4.99 Å². The van der Waals surface area contributed by atoms with Gasteiger partial charge in [-0.3, -0.25) is 0 Å². The van der Waals surface area contributed by atoms with E-state index in [1.165, 1.54) is 7.05 Å². The lowest BCUT2D eigenvalue weighted by atomic mass is 10.2. The van der Waals surface area contributed by atoms with E-state index in [-0.39, 0.29) is 28.9 Å². The zero-order valence-corrected chi connectivity index (χ0v) is 20.1. The third kappa shape index (κ3) is 8.19. The average Bonchev–Trinajstić information content (AvgIpc) is 2.72. The van der Waals surface area contributed by atoms with Gasteiger partial charge >= 0.3 is 0 Å². The molecule has 2 rings (SSSR count). The molecule has 7 nitrogen and oxygen atoms in total. The highest BCUT2D eigenvalue weighted by Gasteiger charge is 2.10. The van der Waals surface area contributed by atoms with Crippen molar-refractivity contribution in [2.75, 3.05) is 33.8 Å². The molecule has 0 fully saturated rings. The van der Waals surface area contributed by atoms with Gasteiger partial charge in [-0.2, -0.15) is 0 Å². The third-order valence-corrected chi connectivity index (χ3v) is 5.48. The SMILES string of the molecule is CCNC(=NCc1ccc(S(=O)(=O)NC)cc1)N(C)CCOc1ccccc1.I. The van der Waals surface area contributed by atoms with Gasteiger partial charge < -0.3 is 15.0 Å². The highest BCUT2D eigenvalue weighted by atomic mass is 127. The summed E-state index contributed by atoms with van der Waals surface area (Å²) in [5, 5.41) is 3.26. The Morgan fingerprint density at radius 1 is 1.10 bits per heavy atom. The lowest BCUT2D eigenvalue weighted by Gasteiger charge is -2.22. The van der Waals surface area contributed by atoms with Crippen molar-refractivity contribution >= 4 is 40.0 Å². The van der Waals surface area contributed by atoms with Gasteiger partial charge in [-0.05, 0) is 43.8 Å². The van der Waals surface area contributed by atoms with Crippen molar-refractivity contribution in [3.63, 3.8) is 0 Å². The maximum Gasteiger partial charge on any atom is 0.240 e. The van der Waals surface area contributed by atoms with E-state index in [1.54, 1.807) is 24.3 Å². The number of aliphatic imine (C=N–C) groups is 1. The first-order chi connectivity index (χ1) is 13.5. The predicted octanol–water partition coefficient (Wildman–Crippen LogP) is 2.69. The minimum Gasteiger partial charge on any atom is -0.492 e. The van der Waals surface area contributed by atoms with Gasteiger partial charge in [-0.1, -0.05) is 30.3 Å². The number of ether oxygens (including phenoxy) is 1. The van der Waals surface area contributed by atoms with Gasteiger partial charge in [-0.25, -0.2) is 18.1 Å². The van der Waals surface area contributed by atoms with E-state index in [0.29, 0.717) is 19.7 Å². The van der Waals surface area contributed by atoms with E-state index in [4.69, 9.17) is 4.74 Å². The van der Waals surface area contributed by atoms with Crippen LogP contribution in [0.25, 0.3) is 0 Å². The largest absolute Gasteiger partial charge is 0.492 e. The lowest BCUT2D eigenvalue weighted by molar-refractivity contribution is 0.281. The van der Waals surface area contributed by atoms with E-state index < -0.39 is 10.0 Å². The van der Waals surface area contributed by atoms with Gasteiger partial charge in [0.1, 0.15) is 12.4 Å². The maximum atomic E-state index is 11.8. The molecule has 0 spiro atoms. The lowest BCUT2D eigenvalue weighted by Crippen LogP contribution is -2.40. The summed E-state index contributed by atoms with van der Waals surface area (Å²) in [6.07, 6.45) is 0. The van der Waals surface area contributed by atoms with Crippen LogP contribution in [0.2, 0.25) is 0 Å². The number of rotatable bonds is 9. The number of halogens is 1. The van der Waals surface area contributed by atoms with Crippen LogP contribution in [-0.2, 0) is 16.6 Å². The van der Waals surface area contributed by atoms with Crippen LogP contribution in [-0.4, -0.2) is 53.1 Å². The number of likely N-dealkylation sites (N-methyl/N-ethyl adjacent to an activating group) is 1. The quantitative estimate of drug-likeness (QED) is 0.295. The Labute approximate surface area is 190 Å². The Kier molecular flexibility index (Phi) is 11.0. The second kappa shape index (κ2) is 12.7. The summed E-state index contributed by atoms with van der Waals surface area (Å²) in [6.45, 7) is 4.44. The first-order valence-electron chi connectivity index (χ1n) is 9.16. The van der Waals surface area contributed by atoms with Gasteiger partial charge in [0.05, 0.1) is 18.0 Å². The van der Waals surface area contributed by atoms with Gasteiger partial charge in [0.25, 0.3) is 0 Å². The molecule has 29 heavy (non-hydrogen) atoms. The number of sulfonamides is 1. The smallest absolute Gasteiger partial charge is 0.240 e. The second-order valence-corrected chi connectivity index (χ2v) is 7.99. The topological polar surface area (TPSA) is 83.0 Å². The minimum absolute atomic E-state index is 0. The Balaban J connectivity index is 0.00000420. The second-order valence-electron chi connectivity index (χ2n) is 6.10. The summed E-state index contributed by atoms with van der Waals surface area (Å²) in [6, 6.07) is 16.4. The molecule has 0 heterocycles. The van der Waals surface area contributed by atoms with Gasteiger partial charge in [0, 0.05) is 13.6 Å². The highest BCUT2D eigenvalue weighted by Crippen LogP contribution is 2.11. The fourth-order valence-electron chi connectivity index (χ4n) is 2.45. The molecule has 0 radical (unpaired) electrons. The number of hydrogen-bond acceptors (Lipinski definition) is 4. The van der Waals surface area contributed by atoms with Crippen LogP contribution >= 0.6 is 24.0 Å². The average molecular weight is 532 g/mol. The van der Waals surface area contributed by atoms with Crippen LogP contribution in [0.5, 0.6) is 5.75 Å². The summed E-state index contributed by atoms with van der Waals surface area (Å²) in [5.41, 5.74) is 0.930. The Morgan fingerprint density at radius 2 is 1.76 bits per heavy atom. The molecule has 2 N–H and O–H groups in total. The highest BCUT2D eigenvalue weighted by molar-refractivity contribution is 14.0. The summed E-state index contributed by atoms with van der Waals surface area (Å²) in [5.74, 6) is 1.61. The number of nitrogens with one attached hydrogen (secondary N) is 2. The molecule has 0 aromatic heterocycles. The fourth-order valence-corrected chi connectivity index (χ4v) is 3.18. The number of para-hydroxylation sites is 1. The molecule has 9 heteroatoms. The minimum atomic E-state index is -3.42. The van der Waals surface area contributed by atoms with E-state index in [1.807, 2.05) is 49.2 Å². The van der Waals surface area contributed by atoms with Gasteiger partial charge in [0.2, 0.25) is 10.0 Å². The Morgan fingerprint density at radius 3 is 2.34 bits per heavy atom. The van der Waals surface area contributed by atoms with Gasteiger partial charge in [0.15, 0.2) is 5.96 Å². The molecule has 0 atom stereocenters. The zero-order valence-electron chi connectivity index (χ0n) is 17.0. The molecule has 0 saturated carbocycles. The van der Waals surface area contributed by atoms with Crippen LogP contribution in [0, 0.1) is 0 Å². The third-order valence-electron chi connectivity index (χ3n) is 4.05. The Bertz CT molecular complexity index is 859. The monoisotopic (exact) mass is 532 g/mol. The molecule has 0 aliphatic carbocycles. The summed E-state index contributed by atoms with van der Waals surface area (Å²) < 4.78 is 31.6. The van der Waals surface area contributed by atoms with E-state index in [2.05, 4.69) is 15.0 Å². The van der Waals surface area contributed by atoms with Crippen LogP contribution < -0.4 is 14.8 Å². The molecule has 0 amide bonds. The Hall–Kier alpha value is -1.85. The van der Waals surface area contributed by atoms with Crippen molar-refractivity contribution in [1.29, 1.82) is 0 Å². The van der Waals surface area contributed by atoms with E-state index in [0.717, 1.165) is 23.8 Å². The normalized spacial score (nSPS) is 11.5. The molecule has 0 aliphatic heterocycles. The standard InChI is InChI=1S/C20H28N4O3S.HI/c1-4-22-20(24(3)14-15-27-18-8-6-5-7-9-18)23-16-17-10-12-19(13-11-17)28(25,26)21-2;/h5-13,21H,4,14-16H2,1-3H3,(H,22,23);1H. The van der Waals surface area contributed by atoms with Crippen LogP contribution in [0.3, 0.4) is 0 Å². The number of benzene rings is 2. The van der Waals surface area contributed by atoms with E-state index >= 15 is 0 Å². The van der Waals surface area contributed by atoms with Crippen LogP contribution in [0.4, 0.5) is 0 Å². The molecule has 0 aliphatic rings. The number of nitrogens with zero attached hydrogens (tertiary/aromatic N) is 2. The van der Waals surface area contributed by atoms with Crippen molar-refractivity contribution in [2.45, 2.75) is 18.4 Å².